The standard InChI is InChI=1S/C12H24N4O.C2HF3O2/c1-10(2)6-9-16(12(13)14)8-5-4-7-15-11(3)17;3-2(4,5)1(6)7/h6H,4-5,7-9H2,1-3H3,(H4,13,14,15,17);(H,6,7). The van der Waals surface area contributed by atoms with Crippen molar-refractivity contribution in [3.05, 3.63) is 11.6 Å². The van der Waals surface area contributed by atoms with E-state index in [2.05, 4.69) is 11.4 Å². The number of carbonyl (C=O) groups is 2. The molecule has 0 rings (SSSR count). The molecule has 7 nitrogen and oxygen atoms in total. The third kappa shape index (κ3) is 16.1. The summed E-state index contributed by atoms with van der Waals surface area (Å²) in [6, 6.07) is 0. The number of allylic oxidation sites excluding steroid dienone is 1. The summed E-state index contributed by atoms with van der Waals surface area (Å²) in [7, 11) is 0. The van der Waals surface area contributed by atoms with E-state index in [1.165, 1.54) is 12.5 Å². The number of nitrogens with two attached hydrogens (primary N) is 2. The van der Waals surface area contributed by atoms with Gasteiger partial charge in [-0.2, -0.15) is 13.2 Å². The van der Waals surface area contributed by atoms with Gasteiger partial charge in [0, 0.05) is 13.5 Å². The first-order chi connectivity index (χ1) is 10.9. The smallest absolute Gasteiger partial charge is 0.430 e. The predicted octanol–water partition coefficient (Wildman–Crippen LogP) is -0.547. The van der Waals surface area contributed by atoms with Crippen molar-refractivity contribution in [2.24, 2.45) is 11.5 Å². The molecule has 24 heavy (non-hydrogen) atoms. The van der Waals surface area contributed by atoms with Gasteiger partial charge in [0.05, 0.1) is 13.1 Å². The Kier molecular flexibility index (Phi) is 12.2. The summed E-state index contributed by atoms with van der Waals surface area (Å²) >= 11 is 0. The summed E-state index contributed by atoms with van der Waals surface area (Å²) in [4.78, 5) is 19.4. The average molecular weight is 354 g/mol. The Morgan fingerprint density at radius 3 is 2.00 bits per heavy atom. The monoisotopic (exact) mass is 354 g/mol. The highest BCUT2D eigenvalue weighted by Crippen LogP contribution is 2.11. The van der Waals surface area contributed by atoms with Crippen LogP contribution in [-0.4, -0.2) is 48.2 Å². The Morgan fingerprint density at radius 2 is 1.67 bits per heavy atom. The molecule has 1 amide bonds. The van der Waals surface area contributed by atoms with Crippen LogP contribution in [0.4, 0.5) is 13.2 Å². The molecule has 0 atom stereocenters. The number of unbranched alkanes of at least 4 members (excludes halogenated alkanes) is 1. The number of aliphatic carboxylic acids is 1. The second kappa shape index (κ2) is 12.2. The van der Waals surface area contributed by atoms with Crippen molar-refractivity contribution in [3.8, 4) is 0 Å². The quantitative estimate of drug-likeness (QED) is 0.186. The first-order valence-electron chi connectivity index (χ1n) is 7.16. The molecule has 5 N–H and O–H groups in total. The first-order valence-corrected chi connectivity index (χ1v) is 7.16. The first kappa shape index (κ1) is 24.0. The van der Waals surface area contributed by atoms with Crippen molar-refractivity contribution in [2.45, 2.75) is 39.8 Å². The number of amides is 1. The van der Waals surface area contributed by atoms with E-state index in [9.17, 15) is 18.0 Å². The van der Waals surface area contributed by atoms with Gasteiger partial charge in [0.25, 0.3) is 0 Å². The minimum absolute atomic E-state index is 0.0105. The van der Waals surface area contributed by atoms with Gasteiger partial charge < -0.3 is 15.2 Å². The van der Waals surface area contributed by atoms with Crippen LogP contribution in [0.1, 0.15) is 33.6 Å². The van der Waals surface area contributed by atoms with Gasteiger partial charge in [-0.3, -0.25) is 20.8 Å². The molecule has 140 valence electrons. The van der Waals surface area contributed by atoms with Crippen LogP contribution in [-0.2, 0) is 9.59 Å². The maximum absolute atomic E-state index is 10.7. The maximum Gasteiger partial charge on any atom is 0.430 e. The Bertz CT molecular complexity index is 466. The third-order valence-electron chi connectivity index (χ3n) is 2.55. The number of alkyl halides is 3. The number of hydrogen-bond acceptors (Lipinski definition) is 3. The van der Waals surface area contributed by atoms with Gasteiger partial charge in [0.1, 0.15) is 5.97 Å². The minimum atomic E-state index is -5.19. The molecule has 10 heteroatoms. The fourth-order valence-electron chi connectivity index (χ4n) is 1.31. The van der Waals surface area contributed by atoms with Crippen molar-refractivity contribution in [2.75, 3.05) is 19.6 Å². The normalized spacial score (nSPS) is 10.1. The van der Waals surface area contributed by atoms with Crippen LogP contribution in [0.5, 0.6) is 0 Å². The lowest BCUT2D eigenvalue weighted by atomic mass is 10.3. The van der Waals surface area contributed by atoms with Gasteiger partial charge in [0.2, 0.25) is 5.91 Å². The summed E-state index contributed by atoms with van der Waals surface area (Å²) in [5.41, 5.74) is 12.5. The molecular formula is C14H25F3N4O3. The van der Waals surface area contributed by atoms with Crippen LogP contribution < -0.4 is 21.9 Å². The van der Waals surface area contributed by atoms with Crippen LogP contribution >= 0.6 is 0 Å². The van der Waals surface area contributed by atoms with Crippen molar-refractivity contribution in [3.63, 3.8) is 0 Å². The second-order valence-corrected chi connectivity index (χ2v) is 5.13. The van der Waals surface area contributed by atoms with Crippen LogP contribution in [0.15, 0.2) is 11.6 Å². The number of nitrogens with zero attached hydrogens (tertiary/aromatic N) is 1. The lowest BCUT2D eigenvalue weighted by Crippen LogP contribution is -2.37. The van der Waals surface area contributed by atoms with E-state index in [1.54, 1.807) is 0 Å². The largest absolute Gasteiger partial charge is 0.542 e. The minimum Gasteiger partial charge on any atom is -0.542 e. The SMILES string of the molecule is CC(=O)NCCCC[N+](CC=C(C)C)=C(N)N.O=C([O-])C(F)(F)F. The van der Waals surface area contributed by atoms with Crippen LogP contribution in [0.2, 0.25) is 0 Å². The summed E-state index contributed by atoms with van der Waals surface area (Å²) in [6.45, 7) is 7.86. The molecule has 0 fully saturated rings. The molecule has 0 aliphatic rings. The third-order valence-corrected chi connectivity index (χ3v) is 2.55. The Labute approximate surface area is 139 Å². The van der Waals surface area contributed by atoms with E-state index >= 15 is 0 Å². The van der Waals surface area contributed by atoms with Crippen LogP contribution in [0.3, 0.4) is 0 Å². The number of rotatable bonds is 7. The van der Waals surface area contributed by atoms with Crippen molar-refractivity contribution < 1.29 is 32.4 Å². The van der Waals surface area contributed by atoms with Gasteiger partial charge in [-0.05, 0) is 26.7 Å². The lowest BCUT2D eigenvalue weighted by molar-refractivity contribution is -0.520. The van der Waals surface area contributed by atoms with Crippen molar-refractivity contribution in [1.29, 1.82) is 0 Å². The summed E-state index contributed by atoms with van der Waals surface area (Å²) in [5.74, 6) is -2.65. The number of hydrogen-bond donors (Lipinski definition) is 3. The number of guanidine groups is 1. The van der Waals surface area contributed by atoms with E-state index in [0.29, 0.717) is 12.5 Å². The molecule has 0 unspecified atom stereocenters. The predicted molar refractivity (Wildman–Crippen MR) is 81.8 cm³/mol. The number of halogens is 3. The Morgan fingerprint density at radius 1 is 1.17 bits per heavy atom. The molecule has 0 saturated carbocycles. The van der Waals surface area contributed by atoms with E-state index in [4.69, 9.17) is 21.4 Å². The number of carboxylic acids is 1. The molecule has 0 radical (unpaired) electrons. The zero-order chi connectivity index (χ0) is 19.3. The van der Waals surface area contributed by atoms with E-state index in [1.807, 2.05) is 18.4 Å². The summed E-state index contributed by atoms with van der Waals surface area (Å²) in [6.07, 6.45) is -1.22. The molecular weight excluding hydrogens is 329 g/mol. The van der Waals surface area contributed by atoms with E-state index < -0.39 is 12.1 Å². The highest BCUT2D eigenvalue weighted by molar-refractivity contribution is 5.72. The molecule has 0 spiro atoms. The van der Waals surface area contributed by atoms with E-state index in [0.717, 1.165) is 25.9 Å². The number of nitrogens with one attached hydrogen (secondary N) is 1. The molecule has 0 bridgehead atoms. The molecule has 0 heterocycles. The fourth-order valence-corrected chi connectivity index (χ4v) is 1.31. The number of carboxylic acid groups (broad SMARTS) is 1. The molecule has 0 aromatic rings. The van der Waals surface area contributed by atoms with Crippen molar-refractivity contribution in [1.82, 2.24) is 5.32 Å². The lowest BCUT2D eigenvalue weighted by Gasteiger charge is -2.07. The topological polar surface area (TPSA) is 124 Å². The molecule has 0 aromatic carbocycles. The zero-order valence-electron chi connectivity index (χ0n) is 14.1. The van der Waals surface area contributed by atoms with Crippen LogP contribution in [0, 0.1) is 0 Å². The molecule has 0 saturated heterocycles. The van der Waals surface area contributed by atoms with Gasteiger partial charge in [-0.25, -0.2) is 0 Å². The van der Waals surface area contributed by atoms with Gasteiger partial charge in [0.15, 0.2) is 0 Å². The molecule has 0 aromatic heterocycles. The van der Waals surface area contributed by atoms with E-state index in [-0.39, 0.29) is 5.91 Å². The Hall–Kier alpha value is -2.26. The summed E-state index contributed by atoms with van der Waals surface area (Å²) in [5, 5.41) is 11.5. The maximum atomic E-state index is 10.7. The highest BCUT2D eigenvalue weighted by atomic mass is 19.4. The fraction of sp³-hybridized carbons (Fsp3) is 0.643. The number of carbonyl (C=O) groups excluding carboxylic acids is 2. The van der Waals surface area contributed by atoms with Crippen molar-refractivity contribution >= 4 is 17.8 Å². The highest BCUT2D eigenvalue weighted by Gasteiger charge is 2.28. The average Bonchev–Trinajstić information content (AvgIpc) is 2.40. The van der Waals surface area contributed by atoms with Gasteiger partial charge >= 0.3 is 12.1 Å². The summed E-state index contributed by atoms with van der Waals surface area (Å²) < 4.78 is 33.5. The van der Waals surface area contributed by atoms with Crippen LogP contribution in [0.25, 0.3) is 0 Å². The zero-order valence-corrected chi connectivity index (χ0v) is 14.1. The molecule has 0 aliphatic heterocycles. The molecule has 0 aliphatic carbocycles. The van der Waals surface area contributed by atoms with Gasteiger partial charge in [-0.15, -0.1) is 0 Å². The second-order valence-electron chi connectivity index (χ2n) is 5.13. The Balaban J connectivity index is 0. The van der Waals surface area contributed by atoms with Gasteiger partial charge in [-0.1, -0.05) is 11.6 Å².